The topological polar surface area (TPSA) is 29.9 Å². The van der Waals surface area contributed by atoms with Crippen LogP contribution in [0, 0.1) is 19.8 Å². The minimum Gasteiger partial charge on any atom is -0.313 e. The van der Waals surface area contributed by atoms with Crippen molar-refractivity contribution in [1.29, 1.82) is 0 Å². The normalized spacial score (nSPS) is 17.6. The molecule has 0 amide bonds. The number of rotatable bonds is 4. The van der Waals surface area contributed by atoms with Crippen LogP contribution >= 0.6 is 0 Å². The molecule has 1 aliphatic carbocycles. The van der Waals surface area contributed by atoms with Crippen molar-refractivity contribution >= 4 is 0 Å². The van der Waals surface area contributed by atoms with Crippen LogP contribution in [0.15, 0.2) is 18.2 Å². The van der Waals surface area contributed by atoms with E-state index in [4.69, 9.17) is 0 Å². The van der Waals surface area contributed by atoms with E-state index >= 15 is 0 Å². The minimum atomic E-state index is 0.622. The summed E-state index contributed by atoms with van der Waals surface area (Å²) in [7, 11) is 2.03. The molecule has 2 aromatic rings. The predicted molar refractivity (Wildman–Crippen MR) is 96.8 cm³/mol. The molecule has 0 saturated carbocycles. The van der Waals surface area contributed by atoms with E-state index in [-0.39, 0.29) is 0 Å². The van der Waals surface area contributed by atoms with Gasteiger partial charge in [0.25, 0.3) is 0 Å². The molecule has 1 N–H and O–H groups in total. The molecule has 1 unspecified atom stereocenters. The molecule has 0 spiro atoms. The zero-order valence-electron chi connectivity index (χ0n) is 15.1. The van der Waals surface area contributed by atoms with Crippen molar-refractivity contribution in [2.24, 2.45) is 13.0 Å². The largest absolute Gasteiger partial charge is 0.313 e. The average molecular weight is 311 g/mol. The van der Waals surface area contributed by atoms with Crippen LogP contribution in [0.3, 0.4) is 0 Å². The Morgan fingerprint density at radius 2 is 2.09 bits per heavy atom. The van der Waals surface area contributed by atoms with Gasteiger partial charge in [-0.15, -0.1) is 0 Å². The maximum Gasteiger partial charge on any atom is 0.0674 e. The summed E-state index contributed by atoms with van der Waals surface area (Å²) in [6, 6.07) is 7.42. The number of nitrogens with one attached hydrogen (secondary N) is 1. The first-order valence-corrected chi connectivity index (χ1v) is 8.82. The molecule has 1 heterocycles. The summed E-state index contributed by atoms with van der Waals surface area (Å²) in [6.07, 6.45) is 3.54. The lowest BCUT2D eigenvalue weighted by Gasteiger charge is -2.28. The van der Waals surface area contributed by atoms with Crippen LogP contribution < -0.4 is 5.32 Å². The van der Waals surface area contributed by atoms with Gasteiger partial charge in [0.15, 0.2) is 0 Å². The smallest absolute Gasteiger partial charge is 0.0674 e. The van der Waals surface area contributed by atoms with Gasteiger partial charge in [-0.05, 0) is 62.3 Å². The molecule has 0 fully saturated rings. The highest BCUT2D eigenvalue weighted by atomic mass is 15.3. The summed E-state index contributed by atoms with van der Waals surface area (Å²) in [5, 5.41) is 8.34. The lowest BCUT2D eigenvalue weighted by Crippen LogP contribution is -2.36. The van der Waals surface area contributed by atoms with E-state index in [9.17, 15) is 0 Å². The SMILES string of the molecule is Cc1nn(C)c(C)c1-c1cccc2c1CCC(NCC(C)C)C2. The molecule has 3 heteroatoms. The maximum absolute atomic E-state index is 4.60. The van der Waals surface area contributed by atoms with E-state index in [0.717, 1.165) is 25.1 Å². The molecule has 1 aromatic carbocycles. The highest BCUT2D eigenvalue weighted by Gasteiger charge is 2.23. The Hall–Kier alpha value is -1.61. The van der Waals surface area contributed by atoms with Gasteiger partial charge in [0.2, 0.25) is 0 Å². The zero-order chi connectivity index (χ0) is 16.6. The van der Waals surface area contributed by atoms with Crippen molar-refractivity contribution in [3.8, 4) is 11.1 Å². The van der Waals surface area contributed by atoms with Gasteiger partial charge in [0.05, 0.1) is 5.69 Å². The Kier molecular flexibility index (Phi) is 4.58. The third-order valence-electron chi connectivity index (χ3n) is 5.08. The summed E-state index contributed by atoms with van der Waals surface area (Å²) in [4.78, 5) is 0. The van der Waals surface area contributed by atoms with Gasteiger partial charge in [-0.3, -0.25) is 4.68 Å². The quantitative estimate of drug-likeness (QED) is 0.930. The highest BCUT2D eigenvalue weighted by Crippen LogP contribution is 2.34. The highest BCUT2D eigenvalue weighted by molar-refractivity contribution is 5.73. The predicted octanol–water partition coefficient (Wildman–Crippen LogP) is 3.81. The molecular formula is C20H29N3. The van der Waals surface area contributed by atoms with Crippen molar-refractivity contribution in [3.05, 3.63) is 40.7 Å². The Morgan fingerprint density at radius 3 is 2.74 bits per heavy atom. The van der Waals surface area contributed by atoms with Crippen molar-refractivity contribution in [1.82, 2.24) is 15.1 Å². The first-order valence-electron chi connectivity index (χ1n) is 8.82. The van der Waals surface area contributed by atoms with Crippen LogP contribution in [-0.2, 0) is 19.9 Å². The Bertz CT molecular complexity index is 697. The van der Waals surface area contributed by atoms with Crippen molar-refractivity contribution in [2.75, 3.05) is 6.54 Å². The number of nitrogens with zero attached hydrogens (tertiary/aromatic N) is 2. The molecule has 0 saturated heterocycles. The molecule has 124 valence electrons. The number of aryl methyl sites for hydroxylation is 2. The molecule has 0 aliphatic heterocycles. The molecule has 1 atom stereocenters. The lowest BCUT2D eigenvalue weighted by atomic mass is 9.83. The fraction of sp³-hybridized carbons (Fsp3) is 0.550. The summed E-state index contributed by atoms with van der Waals surface area (Å²) in [6.45, 7) is 9.95. The van der Waals surface area contributed by atoms with E-state index in [2.05, 4.69) is 56.3 Å². The van der Waals surface area contributed by atoms with Crippen LogP contribution in [0.25, 0.3) is 11.1 Å². The first-order chi connectivity index (χ1) is 11.0. The number of benzene rings is 1. The number of hydrogen-bond donors (Lipinski definition) is 1. The van der Waals surface area contributed by atoms with Gasteiger partial charge in [0.1, 0.15) is 0 Å². The van der Waals surface area contributed by atoms with Crippen LogP contribution in [0.1, 0.15) is 42.8 Å². The third-order valence-corrected chi connectivity index (χ3v) is 5.08. The fourth-order valence-electron chi connectivity index (χ4n) is 3.78. The molecule has 0 bridgehead atoms. The molecule has 3 rings (SSSR count). The van der Waals surface area contributed by atoms with Crippen LogP contribution in [0.5, 0.6) is 0 Å². The standard InChI is InChI=1S/C20H29N3/c1-13(2)12-21-17-9-10-18-16(11-17)7-6-8-19(18)20-14(3)22-23(5)15(20)4/h6-8,13,17,21H,9-12H2,1-5H3. The fourth-order valence-corrected chi connectivity index (χ4v) is 3.78. The average Bonchev–Trinajstić information content (AvgIpc) is 2.77. The lowest BCUT2D eigenvalue weighted by molar-refractivity contribution is 0.425. The zero-order valence-corrected chi connectivity index (χ0v) is 15.1. The van der Waals surface area contributed by atoms with Crippen LogP contribution in [0.2, 0.25) is 0 Å². The summed E-state index contributed by atoms with van der Waals surface area (Å²) in [5.41, 5.74) is 8.17. The maximum atomic E-state index is 4.60. The van der Waals surface area contributed by atoms with Gasteiger partial charge in [-0.2, -0.15) is 5.10 Å². The second-order valence-electron chi connectivity index (χ2n) is 7.35. The summed E-state index contributed by atoms with van der Waals surface area (Å²) >= 11 is 0. The number of fused-ring (bicyclic) bond motifs is 1. The molecule has 23 heavy (non-hydrogen) atoms. The minimum absolute atomic E-state index is 0.622. The Morgan fingerprint density at radius 1 is 1.30 bits per heavy atom. The van der Waals surface area contributed by atoms with Crippen LogP contribution in [0.4, 0.5) is 0 Å². The van der Waals surface area contributed by atoms with Gasteiger partial charge in [-0.1, -0.05) is 32.0 Å². The third kappa shape index (κ3) is 3.20. The molecule has 0 radical (unpaired) electrons. The summed E-state index contributed by atoms with van der Waals surface area (Å²) in [5.74, 6) is 0.712. The van der Waals surface area contributed by atoms with E-state index in [1.54, 1.807) is 0 Å². The van der Waals surface area contributed by atoms with Crippen LogP contribution in [-0.4, -0.2) is 22.4 Å². The monoisotopic (exact) mass is 311 g/mol. The van der Waals surface area contributed by atoms with Crippen molar-refractivity contribution in [2.45, 2.75) is 53.0 Å². The van der Waals surface area contributed by atoms with E-state index < -0.39 is 0 Å². The Balaban J connectivity index is 1.91. The van der Waals surface area contributed by atoms with Gasteiger partial charge < -0.3 is 5.32 Å². The van der Waals surface area contributed by atoms with E-state index in [1.807, 2.05) is 11.7 Å². The summed E-state index contributed by atoms with van der Waals surface area (Å²) < 4.78 is 2.00. The van der Waals surface area contributed by atoms with Crippen molar-refractivity contribution < 1.29 is 0 Å². The van der Waals surface area contributed by atoms with Gasteiger partial charge >= 0.3 is 0 Å². The van der Waals surface area contributed by atoms with E-state index in [0.29, 0.717) is 12.0 Å². The molecule has 3 nitrogen and oxygen atoms in total. The van der Waals surface area contributed by atoms with E-state index in [1.165, 1.54) is 34.4 Å². The first kappa shape index (κ1) is 16.3. The number of aromatic nitrogens is 2. The Labute approximate surface area is 140 Å². The number of hydrogen-bond acceptors (Lipinski definition) is 2. The van der Waals surface area contributed by atoms with Gasteiger partial charge in [0, 0.05) is 24.3 Å². The molecule has 1 aromatic heterocycles. The second kappa shape index (κ2) is 6.48. The second-order valence-corrected chi connectivity index (χ2v) is 7.35. The van der Waals surface area contributed by atoms with Gasteiger partial charge in [-0.25, -0.2) is 0 Å². The molecule has 1 aliphatic rings. The molecular weight excluding hydrogens is 282 g/mol. The van der Waals surface area contributed by atoms with Crippen molar-refractivity contribution in [3.63, 3.8) is 0 Å².